The van der Waals surface area contributed by atoms with E-state index in [-0.39, 0.29) is 5.91 Å². The maximum absolute atomic E-state index is 12.6. The molecule has 26 heavy (non-hydrogen) atoms. The number of fused-ring (bicyclic) bond motifs is 1. The Morgan fingerprint density at radius 1 is 1.31 bits per heavy atom. The predicted molar refractivity (Wildman–Crippen MR) is 103 cm³/mol. The molecular weight excluding hydrogens is 374 g/mol. The number of aryl methyl sites for hydroxylation is 2. The third-order valence-corrected chi connectivity index (χ3v) is 5.80. The van der Waals surface area contributed by atoms with E-state index >= 15 is 0 Å². The maximum atomic E-state index is 12.6. The van der Waals surface area contributed by atoms with Gasteiger partial charge < -0.3 is 14.8 Å². The van der Waals surface area contributed by atoms with Gasteiger partial charge in [-0.15, -0.1) is 11.3 Å². The lowest BCUT2D eigenvalue weighted by Gasteiger charge is -2.16. The highest BCUT2D eigenvalue weighted by Gasteiger charge is 2.29. The minimum Gasteiger partial charge on any atom is -0.481 e. The highest BCUT2D eigenvalue weighted by molar-refractivity contribution is 7.17. The fourth-order valence-corrected chi connectivity index (χ4v) is 4.52. The quantitative estimate of drug-likeness (QED) is 0.765. The molecule has 1 aliphatic rings. The van der Waals surface area contributed by atoms with Crippen molar-refractivity contribution in [3.8, 4) is 5.75 Å². The summed E-state index contributed by atoms with van der Waals surface area (Å²) in [6.07, 6.45) is 2.06. The van der Waals surface area contributed by atoms with Crippen LogP contribution in [0.3, 0.4) is 0 Å². The molecule has 1 aromatic carbocycles. The van der Waals surface area contributed by atoms with Gasteiger partial charge in [0.05, 0.1) is 12.7 Å². The molecule has 2 aromatic rings. The van der Waals surface area contributed by atoms with E-state index in [0.29, 0.717) is 21.3 Å². The van der Waals surface area contributed by atoms with Gasteiger partial charge in [-0.05, 0) is 62.4 Å². The van der Waals surface area contributed by atoms with Crippen LogP contribution >= 0.6 is 22.9 Å². The van der Waals surface area contributed by atoms with Crippen molar-refractivity contribution in [2.24, 2.45) is 0 Å². The number of carbonyl (C=O) groups is 2. The Labute approximate surface area is 161 Å². The largest absolute Gasteiger partial charge is 0.481 e. The van der Waals surface area contributed by atoms with Gasteiger partial charge in [0.1, 0.15) is 10.8 Å². The minimum atomic E-state index is -0.725. The van der Waals surface area contributed by atoms with E-state index in [4.69, 9.17) is 21.1 Å². The van der Waals surface area contributed by atoms with Gasteiger partial charge in [-0.3, -0.25) is 4.79 Å². The number of benzene rings is 1. The molecule has 1 unspecified atom stereocenters. The number of thiophene rings is 1. The molecule has 7 heteroatoms. The molecule has 3 rings (SSSR count). The zero-order valence-corrected chi connectivity index (χ0v) is 16.4. The summed E-state index contributed by atoms with van der Waals surface area (Å²) >= 11 is 7.39. The lowest BCUT2D eigenvalue weighted by Crippen LogP contribution is -2.30. The molecule has 1 aliphatic carbocycles. The summed E-state index contributed by atoms with van der Waals surface area (Å²) in [5, 5.41) is 3.98. The highest BCUT2D eigenvalue weighted by atomic mass is 35.5. The van der Waals surface area contributed by atoms with Crippen LogP contribution in [-0.2, 0) is 22.4 Å². The van der Waals surface area contributed by atoms with Gasteiger partial charge in [-0.25, -0.2) is 4.79 Å². The Morgan fingerprint density at radius 3 is 2.77 bits per heavy atom. The van der Waals surface area contributed by atoms with E-state index in [1.54, 1.807) is 25.1 Å². The lowest BCUT2D eigenvalue weighted by atomic mass is 10.1. The number of hydrogen-bond donors (Lipinski definition) is 1. The summed E-state index contributed by atoms with van der Waals surface area (Å²) in [6.45, 7) is 3.54. The number of ether oxygens (including phenoxy) is 2. The van der Waals surface area contributed by atoms with Gasteiger partial charge in [-0.2, -0.15) is 0 Å². The van der Waals surface area contributed by atoms with Crippen LogP contribution in [0.1, 0.15) is 39.7 Å². The Kier molecular flexibility index (Phi) is 5.53. The number of hydrogen-bond acceptors (Lipinski definition) is 5. The first-order valence-electron chi connectivity index (χ1n) is 8.37. The normalized spacial score (nSPS) is 13.8. The number of nitrogens with one attached hydrogen (secondary N) is 1. The molecule has 0 spiro atoms. The fourth-order valence-electron chi connectivity index (χ4n) is 3.01. The molecule has 0 fully saturated rings. The Morgan fingerprint density at radius 2 is 2.08 bits per heavy atom. The molecule has 1 N–H and O–H groups in total. The summed E-state index contributed by atoms with van der Waals surface area (Å²) < 4.78 is 10.7. The van der Waals surface area contributed by atoms with Gasteiger partial charge in [0, 0.05) is 9.90 Å². The molecule has 1 heterocycles. The summed E-state index contributed by atoms with van der Waals surface area (Å²) in [7, 11) is 1.35. The first-order chi connectivity index (χ1) is 12.4. The van der Waals surface area contributed by atoms with Gasteiger partial charge in [-0.1, -0.05) is 11.6 Å². The third kappa shape index (κ3) is 3.71. The predicted octanol–water partition coefficient (Wildman–Crippen LogP) is 4.39. The molecule has 1 aromatic heterocycles. The van der Waals surface area contributed by atoms with Crippen molar-refractivity contribution in [2.45, 2.75) is 39.2 Å². The number of amides is 1. The van der Waals surface area contributed by atoms with Crippen LogP contribution in [0, 0.1) is 6.92 Å². The summed E-state index contributed by atoms with van der Waals surface area (Å²) in [5.41, 5.74) is 2.33. The third-order valence-electron chi connectivity index (χ3n) is 4.36. The van der Waals surface area contributed by atoms with E-state index in [0.717, 1.165) is 35.3 Å². The van der Waals surface area contributed by atoms with Crippen LogP contribution in [0.4, 0.5) is 5.00 Å². The van der Waals surface area contributed by atoms with Gasteiger partial charge >= 0.3 is 5.97 Å². The number of rotatable bonds is 5. The van der Waals surface area contributed by atoms with E-state index in [1.807, 2.05) is 6.92 Å². The molecule has 0 saturated carbocycles. The van der Waals surface area contributed by atoms with Crippen LogP contribution < -0.4 is 10.1 Å². The second kappa shape index (κ2) is 7.68. The zero-order chi connectivity index (χ0) is 18.8. The monoisotopic (exact) mass is 393 g/mol. The van der Waals surface area contributed by atoms with Gasteiger partial charge in [0.2, 0.25) is 0 Å². The van der Waals surface area contributed by atoms with E-state index in [9.17, 15) is 9.59 Å². The van der Waals surface area contributed by atoms with Crippen molar-refractivity contribution in [2.75, 3.05) is 12.4 Å². The number of halogens is 1. The summed E-state index contributed by atoms with van der Waals surface area (Å²) in [6, 6.07) is 5.23. The number of anilines is 1. The molecule has 0 bridgehead atoms. The smallest absolute Gasteiger partial charge is 0.341 e. The Bertz CT molecular complexity index is 861. The maximum Gasteiger partial charge on any atom is 0.341 e. The topological polar surface area (TPSA) is 64.6 Å². The Balaban J connectivity index is 1.76. The average molecular weight is 394 g/mol. The number of esters is 1. The summed E-state index contributed by atoms with van der Waals surface area (Å²) in [4.78, 5) is 25.9. The second-order valence-corrected chi connectivity index (χ2v) is 7.75. The molecular formula is C19H20ClNO4S. The van der Waals surface area contributed by atoms with Crippen LogP contribution in [0.15, 0.2) is 18.2 Å². The van der Waals surface area contributed by atoms with Crippen molar-refractivity contribution < 1.29 is 19.1 Å². The lowest BCUT2D eigenvalue weighted by molar-refractivity contribution is -0.122. The molecule has 138 valence electrons. The van der Waals surface area contributed by atoms with Crippen molar-refractivity contribution in [3.63, 3.8) is 0 Å². The fraction of sp³-hybridized carbons (Fsp3) is 0.368. The standard InChI is InChI=1S/C19H20ClNO4S/c1-10-9-12(20)7-8-14(10)25-11(2)17(22)21-18-16(19(23)24-3)13-5-4-6-15(13)26-18/h7-9,11H,4-6H2,1-3H3,(H,21,22). The SMILES string of the molecule is COC(=O)c1c(NC(=O)C(C)Oc2ccc(Cl)cc2C)sc2c1CCC2. The molecule has 5 nitrogen and oxygen atoms in total. The highest BCUT2D eigenvalue weighted by Crippen LogP contribution is 2.39. The van der Waals surface area contributed by atoms with E-state index in [1.165, 1.54) is 18.4 Å². The van der Waals surface area contributed by atoms with E-state index in [2.05, 4.69) is 5.32 Å². The molecule has 1 atom stereocenters. The van der Waals surface area contributed by atoms with Crippen molar-refractivity contribution >= 4 is 39.8 Å². The molecule has 0 radical (unpaired) electrons. The van der Waals surface area contributed by atoms with Crippen LogP contribution in [-0.4, -0.2) is 25.1 Å². The average Bonchev–Trinajstić information content (AvgIpc) is 3.17. The van der Waals surface area contributed by atoms with Gasteiger partial charge in [0.15, 0.2) is 6.10 Å². The molecule has 0 saturated heterocycles. The van der Waals surface area contributed by atoms with Crippen LogP contribution in [0.25, 0.3) is 0 Å². The molecule has 0 aliphatic heterocycles. The van der Waals surface area contributed by atoms with Crippen molar-refractivity contribution in [3.05, 3.63) is 44.8 Å². The van der Waals surface area contributed by atoms with Crippen molar-refractivity contribution in [1.82, 2.24) is 0 Å². The summed E-state index contributed by atoms with van der Waals surface area (Å²) in [5.74, 6) is -0.134. The van der Waals surface area contributed by atoms with Crippen molar-refractivity contribution in [1.29, 1.82) is 0 Å². The van der Waals surface area contributed by atoms with Crippen LogP contribution in [0.5, 0.6) is 5.75 Å². The zero-order valence-electron chi connectivity index (χ0n) is 14.8. The number of methoxy groups -OCH3 is 1. The molecule has 1 amide bonds. The number of carbonyl (C=O) groups excluding carboxylic acids is 2. The van der Waals surface area contributed by atoms with Crippen LogP contribution in [0.2, 0.25) is 5.02 Å². The Hall–Kier alpha value is -2.05. The first kappa shape index (κ1) is 18.7. The minimum absolute atomic E-state index is 0.315. The first-order valence-corrected chi connectivity index (χ1v) is 9.56. The van der Waals surface area contributed by atoms with Gasteiger partial charge in [0.25, 0.3) is 5.91 Å². The second-order valence-electron chi connectivity index (χ2n) is 6.21. The van der Waals surface area contributed by atoms with E-state index < -0.39 is 12.1 Å².